The van der Waals surface area contributed by atoms with E-state index in [2.05, 4.69) is 0 Å². The van der Waals surface area contributed by atoms with Crippen molar-refractivity contribution in [3.8, 4) is 16.9 Å². The third kappa shape index (κ3) is 3.53. The van der Waals surface area contributed by atoms with Crippen molar-refractivity contribution in [1.29, 1.82) is 0 Å². The van der Waals surface area contributed by atoms with Crippen LogP contribution in [0.4, 0.5) is 0 Å². The summed E-state index contributed by atoms with van der Waals surface area (Å²) < 4.78 is 28.6. The number of amides is 1. The van der Waals surface area contributed by atoms with E-state index in [1.54, 1.807) is 35.1 Å². The van der Waals surface area contributed by atoms with Crippen molar-refractivity contribution in [3.63, 3.8) is 0 Å². The lowest BCUT2D eigenvalue weighted by Gasteiger charge is -2.28. The SMILES string of the molecule is O=C1c2ccccc2CS(=O)(=O)N1Cc1cn(-c2ccccc2)nc1-c1ccccc1. The van der Waals surface area contributed by atoms with Gasteiger partial charge < -0.3 is 0 Å². The maximum Gasteiger partial charge on any atom is 0.267 e. The summed E-state index contributed by atoms with van der Waals surface area (Å²) >= 11 is 0. The minimum Gasteiger partial charge on any atom is -0.268 e. The van der Waals surface area contributed by atoms with Gasteiger partial charge in [0.2, 0.25) is 10.0 Å². The highest BCUT2D eigenvalue weighted by Gasteiger charge is 2.36. The highest BCUT2D eigenvalue weighted by molar-refractivity contribution is 7.89. The Morgan fingerprint density at radius 2 is 1.48 bits per heavy atom. The van der Waals surface area contributed by atoms with Gasteiger partial charge in [-0.3, -0.25) is 4.79 Å². The van der Waals surface area contributed by atoms with Crippen LogP contribution in [0.3, 0.4) is 0 Å². The fraction of sp³-hybridized carbons (Fsp3) is 0.0833. The molecule has 0 saturated carbocycles. The molecule has 0 spiro atoms. The van der Waals surface area contributed by atoms with Gasteiger partial charge in [-0.2, -0.15) is 5.10 Å². The molecular weight excluding hydrogens is 410 g/mol. The molecule has 31 heavy (non-hydrogen) atoms. The molecule has 7 heteroatoms. The van der Waals surface area contributed by atoms with E-state index in [9.17, 15) is 13.2 Å². The Hall–Kier alpha value is -3.71. The fourth-order valence-electron chi connectivity index (χ4n) is 3.79. The summed E-state index contributed by atoms with van der Waals surface area (Å²) in [5, 5.41) is 4.72. The third-order valence-corrected chi connectivity index (χ3v) is 6.96. The van der Waals surface area contributed by atoms with Gasteiger partial charge in [0, 0.05) is 22.9 Å². The summed E-state index contributed by atoms with van der Waals surface area (Å²) in [6.45, 7) is -0.0768. The Bertz CT molecular complexity index is 1360. The zero-order valence-corrected chi connectivity index (χ0v) is 17.4. The van der Waals surface area contributed by atoms with E-state index in [1.165, 1.54) is 0 Å². The molecule has 0 unspecified atom stereocenters. The first kappa shape index (κ1) is 19.3. The molecule has 4 aromatic rings. The van der Waals surface area contributed by atoms with Gasteiger partial charge in [-0.15, -0.1) is 0 Å². The minimum atomic E-state index is -3.79. The molecule has 0 aliphatic carbocycles. The van der Waals surface area contributed by atoms with Crippen LogP contribution in [0.15, 0.2) is 91.1 Å². The number of hydrogen-bond donors (Lipinski definition) is 0. The number of carbonyl (C=O) groups excluding carboxylic acids is 1. The molecule has 3 aromatic carbocycles. The molecular formula is C24H19N3O3S. The van der Waals surface area contributed by atoms with Crippen molar-refractivity contribution in [2.24, 2.45) is 0 Å². The Balaban J connectivity index is 1.60. The van der Waals surface area contributed by atoms with E-state index in [0.29, 0.717) is 22.4 Å². The van der Waals surface area contributed by atoms with Crippen LogP contribution >= 0.6 is 0 Å². The molecule has 0 atom stereocenters. The number of aromatic nitrogens is 2. The minimum absolute atomic E-state index is 0.0768. The van der Waals surface area contributed by atoms with Crippen LogP contribution < -0.4 is 0 Å². The zero-order chi connectivity index (χ0) is 21.4. The summed E-state index contributed by atoms with van der Waals surface area (Å²) in [6, 6.07) is 26.0. The largest absolute Gasteiger partial charge is 0.268 e. The summed E-state index contributed by atoms with van der Waals surface area (Å²) in [7, 11) is -3.79. The number of carbonyl (C=O) groups is 1. The fourth-order valence-corrected chi connectivity index (χ4v) is 5.28. The van der Waals surface area contributed by atoms with Crippen LogP contribution in [-0.2, 0) is 22.3 Å². The Morgan fingerprint density at radius 1 is 0.839 bits per heavy atom. The summed E-state index contributed by atoms with van der Waals surface area (Å²) in [5.74, 6) is -0.698. The van der Waals surface area contributed by atoms with E-state index >= 15 is 0 Å². The molecule has 0 N–H and O–H groups in total. The number of hydrogen-bond acceptors (Lipinski definition) is 4. The molecule has 5 rings (SSSR count). The maximum atomic E-state index is 13.1. The Morgan fingerprint density at radius 3 is 2.23 bits per heavy atom. The number of para-hydroxylation sites is 1. The van der Waals surface area contributed by atoms with Crippen LogP contribution in [0.5, 0.6) is 0 Å². The zero-order valence-electron chi connectivity index (χ0n) is 16.5. The Labute approximate surface area is 180 Å². The van der Waals surface area contributed by atoms with Gasteiger partial charge in [0.25, 0.3) is 5.91 Å². The molecule has 0 radical (unpaired) electrons. The lowest BCUT2D eigenvalue weighted by molar-refractivity contribution is 0.0849. The number of nitrogens with zero attached hydrogens (tertiary/aromatic N) is 3. The van der Waals surface area contributed by atoms with E-state index in [4.69, 9.17) is 5.10 Å². The van der Waals surface area contributed by atoms with Crippen LogP contribution in [-0.4, -0.2) is 28.4 Å². The van der Waals surface area contributed by atoms with Gasteiger partial charge in [-0.1, -0.05) is 66.7 Å². The van der Waals surface area contributed by atoms with E-state index < -0.39 is 15.9 Å². The van der Waals surface area contributed by atoms with Crippen LogP contribution in [0.1, 0.15) is 21.5 Å². The predicted molar refractivity (Wildman–Crippen MR) is 118 cm³/mol. The van der Waals surface area contributed by atoms with Crippen molar-refractivity contribution in [1.82, 2.24) is 14.1 Å². The lowest BCUT2D eigenvalue weighted by atomic mass is 10.1. The first-order valence-electron chi connectivity index (χ1n) is 9.85. The van der Waals surface area contributed by atoms with Crippen molar-refractivity contribution in [2.45, 2.75) is 12.3 Å². The number of rotatable bonds is 4. The molecule has 1 aliphatic rings. The maximum absolute atomic E-state index is 13.1. The average molecular weight is 430 g/mol. The first-order chi connectivity index (χ1) is 15.0. The van der Waals surface area contributed by atoms with Gasteiger partial charge in [0.05, 0.1) is 23.7 Å². The molecule has 2 heterocycles. The average Bonchev–Trinajstić information content (AvgIpc) is 3.22. The smallest absolute Gasteiger partial charge is 0.267 e. The van der Waals surface area contributed by atoms with Crippen molar-refractivity contribution < 1.29 is 13.2 Å². The normalized spacial score (nSPS) is 15.0. The van der Waals surface area contributed by atoms with Crippen LogP contribution in [0.25, 0.3) is 16.9 Å². The molecule has 1 aliphatic heterocycles. The first-order valence-corrected chi connectivity index (χ1v) is 11.5. The van der Waals surface area contributed by atoms with E-state index in [0.717, 1.165) is 15.6 Å². The monoisotopic (exact) mass is 429 g/mol. The third-order valence-electron chi connectivity index (χ3n) is 5.32. The second kappa shape index (κ2) is 7.52. The van der Waals surface area contributed by atoms with Crippen LogP contribution in [0, 0.1) is 0 Å². The number of fused-ring (bicyclic) bond motifs is 1. The lowest BCUT2D eigenvalue weighted by Crippen LogP contribution is -2.41. The van der Waals surface area contributed by atoms with Gasteiger partial charge in [-0.05, 0) is 23.8 Å². The quantitative estimate of drug-likeness (QED) is 0.491. The molecule has 154 valence electrons. The molecule has 6 nitrogen and oxygen atoms in total. The number of benzene rings is 3. The predicted octanol–water partition coefficient (Wildman–Crippen LogP) is 4.03. The summed E-state index contributed by atoms with van der Waals surface area (Å²) in [5.41, 5.74) is 3.97. The second-order valence-electron chi connectivity index (χ2n) is 7.37. The van der Waals surface area contributed by atoms with Crippen molar-refractivity contribution >= 4 is 15.9 Å². The molecule has 0 fully saturated rings. The van der Waals surface area contributed by atoms with Gasteiger partial charge in [-0.25, -0.2) is 17.4 Å². The second-order valence-corrected chi connectivity index (χ2v) is 9.27. The van der Waals surface area contributed by atoms with Gasteiger partial charge in [0.1, 0.15) is 0 Å². The van der Waals surface area contributed by atoms with Gasteiger partial charge in [0.15, 0.2) is 0 Å². The molecule has 0 saturated heterocycles. The van der Waals surface area contributed by atoms with E-state index in [-0.39, 0.29) is 12.3 Å². The molecule has 1 aromatic heterocycles. The summed E-state index contributed by atoms with van der Waals surface area (Å²) in [6.07, 6.45) is 1.79. The molecule has 0 bridgehead atoms. The van der Waals surface area contributed by atoms with Crippen molar-refractivity contribution in [2.75, 3.05) is 0 Å². The van der Waals surface area contributed by atoms with Crippen LogP contribution in [0.2, 0.25) is 0 Å². The standard InChI is InChI=1S/C24H19N3O3S/c28-24-22-14-8-7-11-19(22)17-31(29,30)27(24)16-20-15-26(21-12-5-2-6-13-21)25-23(20)18-9-3-1-4-10-18/h1-15H,16-17H2. The Kier molecular flexibility index (Phi) is 4.67. The number of sulfonamides is 1. The topological polar surface area (TPSA) is 72.3 Å². The van der Waals surface area contributed by atoms with Gasteiger partial charge >= 0.3 is 0 Å². The van der Waals surface area contributed by atoms with Crippen molar-refractivity contribution in [3.05, 3.63) is 108 Å². The summed E-state index contributed by atoms with van der Waals surface area (Å²) in [4.78, 5) is 13.1. The highest BCUT2D eigenvalue weighted by Crippen LogP contribution is 2.30. The highest BCUT2D eigenvalue weighted by atomic mass is 32.2. The van der Waals surface area contributed by atoms with E-state index in [1.807, 2.05) is 60.7 Å². The molecule has 1 amide bonds.